The SMILES string of the molecule is CN(Cc1nccnc1Cl)C[C@@H]1CCN(C(=O)OC(C)(C)C)C1. The summed E-state index contributed by atoms with van der Waals surface area (Å²) < 4.78 is 5.42. The van der Waals surface area contributed by atoms with Crippen molar-refractivity contribution in [2.24, 2.45) is 5.92 Å². The van der Waals surface area contributed by atoms with Crippen LogP contribution in [0.25, 0.3) is 0 Å². The van der Waals surface area contributed by atoms with E-state index in [0.29, 0.717) is 17.6 Å². The molecule has 2 heterocycles. The second kappa shape index (κ2) is 7.45. The third kappa shape index (κ3) is 5.62. The number of amides is 1. The lowest BCUT2D eigenvalue weighted by Gasteiger charge is -2.25. The van der Waals surface area contributed by atoms with Crippen LogP contribution in [0.1, 0.15) is 32.9 Å². The summed E-state index contributed by atoms with van der Waals surface area (Å²) >= 11 is 6.04. The van der Waals surface area contributed by atoms with Gasteiger partial charge in [0.1, 0.15) is 5.60 Å². The van der Waals surface area contributed by atoms with Gasteiger partial charge < -0.3 is 14.5 Å². The van der Waals surface area contributed by atoms with E-state index in [-0.39, 0.29) is 6.09 Å². The smallest absolute Gasteiger partial charge is 0.410 e. The molecule has 0 bridgehead atoms. The zero-order valence-corrected chi connectivity index (χ0v) is 15.0. The molecule has 1 fully saturated rings. The van der Waals surface area contributed by atoms with E-state index in [1.54, 1.807) is 17.3 Å². The molecule has 128 valence electrons. The number of aromatic nitrogens is 2. The molecule has 0 aromatic carbocycles. The number of hydrogen-bond acceptors (Lipinski definition) is 5. The highest BCUT2D eigenvalue weighted by molar-refractivity contribution is 6.29. The minimum absolute atomic E-state index is 0.223. The monoisotopic (exact) mass is 340 g/mol. The number of nitrogens with zero attached hydrogens (tertiary/aromatic N) is 4. The van der Waals surface area contributed by atoms with Gasteiger partial charge in [-0.25, -0.2) is 9.78 Å². The lowest BCUT2D eigenvalue weighted by atomic mass is 10.1. The maximum absolute atomic E-state index is 12.1. The summed E-state index contributed by atoms with van der Waals surface area (Å²) in [7, 11) is 2.03. The van der Waals surface area contributed by atoms with Crippen LogP contribution in [0.3, 0.4) is 0 Å². The average molecular weight is 341 g/mol. The Kier molecular flexibility index (Phi) is 5.81. The first-order valence-corrected chi connectivity index (χ1v) is 8.24. The summed E-state index contributed by atoms with van der Waals surface area (Å²) in [6.45, 7) is 8.67. The van der Waals surface area contributed by atoms with E-state index >= 15 is 0 Å². The Bertz CT molecular complexity index is 547. The molecular weight excluding hydrogens is 316 g/mol. The summed E-state index contributed by atoms with van der Waals surface area (Å²) in [6.07, 6.45) is 3.99. The first kappa shape index (κ1) is 17.9. The molecule has 1 atom stereocenters. The average Bonchev–Trinajstić information content (AvgIpc) is 2.88. The first-order chi connectivity index (χ1) is 10.7. The van der Waals surface area contributed by atoms with Crippen LogP contribution in [0, 0.1) is 5.92 Å². The number of hydrogen-bond donors (Lipinski definition) is 0. The van der Waals surface area contributed by atoms with E-state index in [1.807, 2.05) is 27.8 Å². The second-order valence-electron chi connectivity index (χ2n) is 7.07. The zero-order valence-electron chi connectivity index (χ0n) is 14.3. The third-order valence-corrected chi connectivity index (χ3v) is 3.97. The molecule has 0 unspecified atom stereocenters. The number of likely N-dealkylation sites (tertiary alicyclic amines) is 1. The Labute approximate surface area is 142 Å². The number of carbonyl (C=O) groups excluding carboxylic acids is 1. The van der Waals surface area contributed by atoms with Crippen molar-refractivity contribution in [1.29, 1.82) is 0 Å². The fourth-order valence-corrected chi connectivity index (χ4v) is 2.86. The Morgan fingerprint density at radius 2 is 2.13 bits per heavy atom. The van der Waals surface area contributed by atoms with Gasteiger partial charge in [-0.1, -0.05) is 11.6 Å². The van der Waals surface area contributed by atoms with E-state index in [1.165, 1.54) is 0 Å². The molecule has 2 rings (SSSR count). The number of ether oxygens (including phenoxy) is 1. The molecule has 1 aromatic heterocycles. The summed E-state index contributed by atoms with van der Waals surface area (Å²) in [5.41, 5.74) is 0.327. The summed E-state index contributed by atoms with van der Waals surface area (Å²) in [6, 6.07) is 0. The van der Waals surface area contributed by atoms with Crippen molar-refractivity contribution < 1.29 is 9.53 Å². The van der Waals surface area contributed by atoms with Crippen molar-refractivity contribution in [3.05, 3.63) is 23.2 Å². The van der Waals surface area contributed by atoms with Gasteiger partial charge in [-0.3, -0.25) is 4.98 Å². The van der Waals surface area contributed by atoms with Gasteiger partial charge in [0.25, 0.3) is 0 Å². The van der Waals surface area contributed by atoms with Crippen molar-refractivity contribution in [2.45, 2.75) is 39.3 Å². The first-order valence-electron chi connectivity index (χ1n) is 7.86. The van der Waals surface area contributed by atoms with Crippen LogP contribution in [0.5, 0.6) is 0 Å². The molecule has 0 radical (unpaired) electrons. The Morgan fingerprint density at radius 1 is 1.43 bits per heavy atom. The molecule has 1 aliphatic rings. The number of rotatable bonds is 4. The topological polar surface area (TPSA) is 58.6 Å². The van der Waals surface area contributed by atoms with E-state index in [0.717, 1.165) is 31.7 Å². The third-order valence-electron chi connectivity index (χ3n) is 3.65. The standard InChI is InChI=1S/C16H25ClN4O2/c1-16(2,3)23-15(22)21-8-5-12(10-21)9-20(4)11-13-14(17)19-7-6-18-13/h6-7,12H,5,8-11H2,1-4H3/t12-/m0/s1. The highest BCUT2D eigenvalue weighted by atomic mass is 35.5. The van der Waals surface area contributed by atoms with E-state index in [4.69, 9.17) is 16.3 Å². The predicted octanol–water partition coefficient (Wildman–Crippen LogP) is 2.82. The van der Waals surface area contributed by atoms with Crippen molar-refractivity contribution in [3.8, 4) is 0 Å². The zero-order chi connectivity index (χ0) is 17.0. The van der Waals surface area contributed by atoms with Crippen molar-refractivity contribution >= 4 is 17.7 Å². The molecule has 0 saturated carbocycles. The highest BCUT2D eigenvalue weighted by Gasteiger charge is 2.30. The van der Waals surface area contributed by atoms with Crippen LogP contribution in [-0.4, -0.2) is 58.1 Å². The van der Waals surface area contributed by atoms with Crippen molar-refractivity contribution in [1.82, 2.24) is 19.8 Å². The van der Waals surface area contributed by atoms with Gasteiger partial charge in [0.15, 0.2) is 5.15 Å². The molecule has 7 heteroatoms. The molecular formula is C16H25ClN4O2. The second-order valence-corrected chi connectivity index (χ2v) is 7.43. The quantitative estimate of drug-likeness (QED) is 0.843. The fourth-order valence-electron chi connectivity index (χ4n) is 2.69. The van der Waals surface area contributed by atoms with Crippen LogP contribution < -0.4 is 0 Å². The molecule has 1 amide bonds. The summed E-state index contributed by atoms with van der Waals surface area (Å²) in [4.78, 5) is 24.3. The van der Waals surface area contributed by atoms with Crippen molar-refractivity contribution in [2.75, 3.05) is 26.7 Å². The molecule has 23 heavy (non-hydrogen) atoms. The lowest BCUT2D eigenvalue weighted by molar-refractivity contribution is 0.0285. The molecule has 1 aliphatic heterocycles. The lowest BCUT2D eigenvalue weighted by Crippen LogP contribution is -2.36. The minimum Gasteiger partial charge on any atom is -0.444 e. The van der Waals surface area contributed by atoms with Crippen LogP contribution in [-0.2, 0) is 11.3 Å². The van der Waals surface area contributed by atoms with Crippen molar-refractivity contribution in [3.63, 3.8) is 0 Å². The normalized spacial score (nSPS) is 18.5. The Hall–Kier alpha value is -1.40. The van der Waals surface area contributed by atoms with Gasteiger partial charge in [-0.05, 0) is 40.2 Å². The Morgan fingerprint density at radius 3 is 2.78 bits per heavy atom. The van der Waals surface area contributed by atoms with Gasteiger partial charge in [0.2, 0.25) is 0 Å². The minimum atomic E-state index is -0.450. The van der Waals surface area contributed by atoms with E-state index in [2.05, 4.69) is 14.9 Å². The molecule has 0 aliphatic carbocycles. The van der Waals surface area contributed by atoms with Crippen LogP contribution in [0.2, 0.25) is 5.15 Å². The van der Waals surface area contributed by atoms with Crippen LogP contribution in [0.4, 0.5) is 4.79 Å². The van der Waals surface area contributed by atoms with Crippen LogP contribution >= 0.6 is 11.6 Å². The summed E-state index contributed by atoms with van der Waals surface area (Å²) in [5, 5.41) is 0.446. The van der Waals surface area contributed by atoms with E-state index in [9.17, 15) is 4.79 Å². The molecule has 6 nitrogen and oxygen atoms in total. The fraction of sp³-hybridized carbons (Fsp3) is 0.688. The molecule has 0 spiro atoms. The van der Waals surface area contributed by atoms with Gasteiger partial charge in [-0.15, -0.1) is 0 Å². The predicted molar refractivity (Wildman–Crippen MR) is 89.3 cm³/mol. The van der Waals surface area contributed by atoms with E-state index < -0.39 is 5.60 Å². The maximum atomic E-state index is 12.1. The molecule has 0 N–H and O–H groups in total. The highest BCUT2D eigenvalue weighted by Crippen LogP contribution is 2.21. The van der Waals surface area contributed by atoms with Crippen LogP contribution in [0.15, 0.2) is 12.4 Å². The van der Waals surface area contributed by atoms with Gasteiger partial charge in [0.05, 0.1) is 5.69 Å². The Balaban J connectivity index is 1.81. The number of halogens is 1. The molecule has 1 aromatic rings. The largest absolute Gasteiger partial charge is 0.444 e. The van der Waals surface area contributed by atoms with Gasteiger partial charge in [-0.2, -0.15) is 0 Å². The van der Waals surface area contributed by atoms with Gasteiger partial charge >= 0.3 is 6.09 Å². The molecule has 1 saturated heterocycles. The number of carbonyl (C=O) groups is 1. The summed E-state index contributed by atoms with van der Waals surface area (Å²) in [5.74, 6) is 0.433. The maximum Gasteiger partial charge on any atom is 0.410 e. The van der Waals surface area contributed by atoms with Gasteiger partial charge in [0, 0.05) is 38.6 Å².